The zero-order valence-electron chi connectivity index (χ0n) is 8.13. The van der Waals surface area contributed by atoms with E-state index >= 15 is 0 Å². The van der Waals surface area contributed by atoms with Crippen LogP contribution in [0.3, 0.4) is 0 Å². The normalized spacial score (nSPS) is 18.7. The van der Waals surface area contributed by atoms with Crippen LogP contribution in [0.5, 0.6) is 5.75 Å². The number of ether oxygens (including phenoxy) is 2. The second kappa shape index (κ2) is 3.79. The van der Waals surface area contributed by atoms with Gasteiger partial charge in [0.25, 0.3) is 0 Å². The van der Waals surface area contributed by atoms with E-state index in [1.807, 2.05) is 31.2 Å². The molecule has 1 aromatic rings. The van der Waals surface area contributed by atoms with Crippen LogP contribution in [0.25, 0.3) is 0 Å². The molecule has 0 bridgehead atoms. The third-order valence-electron chi connectivity index (χ3n) is 2.34. The monoisotopic (exact) mass is 212 g/mol. The van der Waals surface area contributed by atoms with Gasteiger partial charge in [0.05, 0.1) is 19.8 Å². The van der Waals surface area contributed by atoms with Gasteiger partial charge >= 0.3 is 0 Å². The van der Waals surface area contributed by atoms with E-state index in [-0.39, 0.29) is 4.87 Å². The van der Waals surface area contributed by atoms with Crippen molar-refractivity contribution in [3.05, 3.63) is 29.8 Å². The Bertz CT molecular complexity index is 304. The van der Waals surface area contributed by atoms with Gasteiger partial charge in [0.1, 0.15) is 10.6 Å². The van der Waals surface area contributed by atoms with E-state index in [2.05, 4.69) is 0 Å². The molecule has 3 heteroatoms. The lowest BCUT2D eigenvalue weighted by Gasteiger charge is -2.35. The summed E-state index contributed by atoms with van der Waals surface area (Å²) in [5.74, 6) is 0.886. The number of rotatable bonds is 3. The predicted molar refractivity (Wildman–Crippen MR) is 56.0 cm³/mol. The summed E-state index contributed by atoms with van der Waals surface area (Å²) in [5, 5.41) is 0. The molecule has 1 aliphatic heterocycles. The lowest BCUT2D eigenvalue weighted by Crippen LogP contribution is -2.41. The number of hydrogen-bond donors (Lipinski definition) is 0. The highest BCUT2D eigenvalue weighted by Crippen LogP contribution is 2.36. The number of alkyl halides is 1. The van der Waals surface area contributed by atoms with Crippen LogP contribution in [0.2, 0.25) is 0 Å². The molecule has 0 radical (unpaired) electrons. The first-order valence-electron chi connectivity index (χ1n) is 4.74. The highest BCUT2D eigenvalue weighted by Gasteiger charge is 2.37. The molecule has 0 aromatic heterocycles. The van der Waals surface area contributed by atoms with E-state index in [0.29, 0.717) is 19.8 Å². The molecule has 1 heterocycles. The molecular weight excluding hydrogens is 200 g/mol. The van der Waals surface area contributed by atoms with Crippen molar-refractivity contribution < 1.29 is 9.47 Å². The molecule has 76 valence electrons. The van der Waals surface area contributed by atoms with Gasteiger partial charge in [-0.2, -0.15) is 0 Å². The van der Waals surface area contributed by atoms with Crippen molar-refractivity contribution in [2.24, 2.45) is 0 Å². The molecule has 1 aromatic carbocycles. The molecule has 1 aliphatic rings. The van der Waals surface area contributed by atoms with Crippen molar-refractivity contribution >= 4 is 11.6 Å². The third kappa shape index (κ3) is 1.72. The summed E-state index contributed by atoms with van der Waals surface area (Å²) < 4.78 is 10.5. The van der Waals surface area contributed by atoms with Crippen LogP contribution < -0.4 is 4.74 Å². The van der Waals surface area contributed by atoms with Gasteiger partial charge in [-0.15, -0.1) is 11.6 Å². The SMILES string of the molecule is CCOc1ccc(C2(Cl)COC2)cc1. The molecule has 0 atom stereocenters. The summed E-state index contributed by atoms with van der Waals surface area (Å²) in [6, 6.07) is 7.89. The molecule has 0 spiro atoms. The molecule has 0 N–H and O–H groups in total. The second-order valence-electron chi connectivity index (χ2n) is 3.42. The minimum absolute atomic E-state index is 0.301. The molecule has 1 saturated heterocycles. The van der Waals surface area contributed by atoms with E-state index in [1.165, 1.54) is 0 Å². The zero-order chi connectivity index (χ0) is 10.0. The minimum Gasteiger partial charge on any atom is -0.494 e. The Balaban J connectivity index is 2.13. The van der Waals surface area contributed by atoms with Crippen LogP contribution in [0.15, 0.2) is 24.3 Å². The van der Waals surface area contributed by atoms with Gasteiger partial charge in [-0.1, -0.05) is 12.1 Å². The molecular formula is C11H13ClO2. The van der Waals surface area contributed by atoms with Gasteiger partial charge in [0.15, 0.2) is 0 Å². The lowest BCUT2D eigenvalue weighted by atomic mass is 9.96. The van der Waals surface area contributed by atoms with Gasteiger partial charge < -0.3 is 9.47 Å². The van der Waals surface area contributed by atoms with Gasteiger partial charge in [-0.3, -0.25) is 0 Å². The maximum Gasteiger partial charge on any atom is 0.119 e. The van der Waals surface area contributed by atoms with Crippen molar-refractivity contribution in [1.82, 2.24) is 0 Å². The topological polar surface area (TPSA) is 18.5 Å². The average molecular weight is 213 g/mol. The Hall–Kier alpha value is -0.730. The Kier molecular flexibility index (Phi) is 2.66. The minimum atomic E-state index is -0.301. The van der Waals surface area contributed by atoms with Crippen molar-refractivity contribution in [2.75, 3.05) is 19.8 Å². The maximum atomic E-state index is 6.30. The largest absolute Gasteiger partial charge is 0.494 e. The van der Waals surface area contributed by atoms with Crippen LogP contribution in [-0.4, -0.2) is 19.8 Å². The highest BCUT2D eigenvalue weighted by molar-refractivity contribution is 6.24. The van der Waals surface area contributed by atoms with Gasteiger partial charge in [-0.05, 0) is 24.6 Å². The van der Waals surface area contributed by atoms with Crippen LogP contribution in [-0.2, 0) is 9.61 Å². The number of benzene rings is 1. The summed E-state index contributed by atoms with van der Waals surface area (Å²) in [5.41, 5.74) is 1.11. The molecule has 0 amide bonds. The van der Waals surface area contributed by atoms with E-state index < -0.39 is 0 Å². The predicted octanol–water partition coefficient (Wildman–Crippen LogP) is 2.55. The van der Waals surface area contributed by atoms with E-state index in [9.17, 15) is 0 Å². The summed E-state index contributed by atoms with van der Waals surface area (Å²) in [6.45, 7) is 3.86. The Morgan fingerprint density at radius 2 is 2.00 bits per heavy atom. The summed E-state index contributed by atoms with van der Waals surface area (Å²) >= 11 is 6.30. The first-order valence-corrected chi connectivity index (χ1v) is 5.12. The van der Waals surface area contributed by atoms with Crippen LogP contribution in [0.4, 0.5) is 0 Å². The Morgan fingerprint density at radius 1 is 1.36 bits per heavy atom. The number of hydrogen-bond acceptors (Lipinski definition) is 2. The van der Waals surface area contributed by atoms with Crippen LogP contribution in [0, 0.1) is 0 Å². The summed E-state index contributed by atoms with van der Waals surface area (Å²) in [4.78, 5) is -0.301. The fourth-order valence-electron chi connectivity index (χ4n) is 1.46. The fraction of sp³-hybridized carbons (Fsp3) is 0.455. The molecule has 2 rings (SSSR count). The van der Waals surface area contributed by atoms with Crippen molar-refractivity contribution in [3.8, 4) is 5.75 Å². The van der Waals surface area contributed by atoms with E-state index in [4.69, 9.17) is 21.1 Å². The van der Waals surface area contributed by atoms with Crippen molar-refractivity contribution in [3.63, 3.8) is 0 Å². The molecule has 14 heavy (non-hydrogen) atoms. The third-order valence-corrected chi connectivity index (χ3v) is 2.78. The molecule has 0 aliphatic carbocycles. The lowest BCUT2D eigenvalue weighted by molar-refractivity contribution is -0.0152. The molecule has 0 unspecified atom stereocenters. The van der Waals surface area contributed by atoms with Crippen molar-refractivity contribution in [1.29, 1.82) is 0 Å². The van der Waals surface area contributed by atoms with Crippen LogP contribution >= 0.6 is 11.6 Å². The van der Waals surface area contributed by atoms with E-state index in [1.54, 1.807) is 0 Å². The summed E-state index contributed by atoms with van der Waals surface area (Å²) in [7, 11) is 0. The van der Waals surface area contributed by atoms with Crippen LogP contribution in [0.1, 0.15) is 12.5 Å². The smallest absolute Gasteiger partial charge is 0.119 e. The summed E-state index contributed by atoms with van der Waals surface area (Å²) in [6.07, 6.45) is 0. The molecule has 1 fully saturated rings. The van der Waals surface area contributed by atoms with Gasteiger partial charge in [0.2, 0.25) is 0 Å². The van der Waals surface area contributed by atoms with E-state index in [0.717, 1.165) is 11.3 Å². The quantitative estimate of drug-likeness (QED) is 0.717. The average Bonchev–Trinajstić information content (AvgIpc) is 2.16. The standard InChI is InChI=1S/C11H13ClO2/c1-2-14-10-5-3-9(4-6-10)11(12)7-13-8-11/h3-6H,2,7-8H2,1H3. The fourth-order valence-corrected chi connectivity index (χ4v) is 1.74. The second-order valence-corrected chi connectivity index (χ2v) is 4.14. The maximum absolute atomic E-state index is 6.30. The number of halogens is 1. The Labute approximate surface area is 88.8 Å². The molecule has 2 nitrogen and oxygen atoms in total. The van der Waals surface area contributed by atoms with Gasteiger partial charge in [0, 0.05) is 0 Å². The highest BCUT2D eigenvalue weighted by atomic mass is 35.5. The van der Waals surface area contributed by atoms with Crippen molar-refractivity contribution in [2.45, 2.75) is 11.8 Å². The first kappa shape index (κ1) is 9.81. The zero-order valence-corrected chi connectivity index (χ0v) is 8.88. The first-order chi connectivity index (χ1) is 6.74. The van der Waals surface area contributed by atoms with Gasteiger partial charge in [-0.25, -0.2) is 0 Å². The molecule has 0 saturated carbocycles. The Morgan fingerprint density at radius 3 is 2.43 bits per heavy atom.